The van der Waals surface area contributed by atoms with Gasteiger partial charge in [-0.3, -0.25) is 4.90 Å². The summed E-state index contributed by atoms with van der Waals surface area (Å²) in [5, 5.41) is 3.37. The number of ether oxygens (including phenoxy) is 1. The molecule has 0 aromatic carbocycles. The molecule has 2 fully saturated rings. The third-order valence-electron chi connectivity index (χ3n) is 3.17. The van der Waals surface area contributed by atoms with Gasteiger partial charge in [0.25, 0.3) is 0 Å². The Balaban J connectivity index is 1.67. The number of rotatable bonds is 6. The summed E-state index contributed by atoms with van der Waals surface area (Å²) in [6.07, 6.45) is 6.33. The molecule has 2 rings (SSSR count). The lowest BCUT2D eigenvalue weighted by Gasteiger charge is -2.27. The summed E-state index contributed by atoms with van der Waals surface area (Å²) in [5.41, 5.74) is 0. The van der Waals surface area contributed by atoms with Gasteiger partial charge < -0.3 is 10.1 Å². The van der Waals surface area contributed by atoms with Gasteiger partial charge in [0, 0.05) is 32.2 Å². The normalized spacial score (nSPS) is 26.9. The topological polar surface area (TPSA) is 24.5 Å². The molecule has 0 bridgehead atoms. The maximum absolute atomic E-state index is 5.69. The van der Waals surface area contributed by atoms with Gasteiger partial charge in [0.1, 0.15) is 0 Å². The van der Waals surface area contributed by atoms with Crippen molar-refractivity contribution in [3.8, 4) is 0 Å². The molecule has 3 nitrogen and oxygen atoms in total. The van der Waals surface area contributed by atoms with E-state index in [1.807, 2.05) is 6.08 Å². The third-order valence-corrected chi connectivity index (χ3v) is 3.17. The number of nitrogens with zero attached hydrogens (tertiary/aromatic N) is 1. The fourth-order valence-corrected chi connectivity index (χ4v) is 2.14. The summed E-state index contributed by atoms with van der Waals surface area (Å²) in [7, 11) is 0. The first-order valence-electron chi connectivity index (χ1n) is 6.07. The maximum atomic E-state index is 5.69. The molecule has 0 aromatic rings. The van der Waals surface area contributed by atoms with E-state index in [2.05, 4.69) is 16.8 Å². The lowest BCUT2D eigenvalue weighted by Crippen LogP contribution is -2.40. The zero-order chi connectivity index (χ0) is 10.5. The van der Waals surface area contributed by atoms with E-state index in [9.17, 15) is 0 Å². The van der Waals surface area contributed by atoms with Crippen LogP contribution in [-0.2, 0) is 4.74 Å². The van der Waals surface area contributed by atoms with E-state index in [1.54, 1.807) is 0 Å². The minimum Gasteiger partial charge on any atom is -0.376 e. The Morgan fingerprint density at radius 3 is 2.93 bits per heavy atom. The zero-order valence-corrected chi connectivity index (χ0v) is 9.45. The van der Waals surface area contributed by atoms with Crippen molar-refractivity contribution >= 4 is 0 Å². The molecule has 1 N–H and O–H groups in total. The molecule has 3 heteroatoms. The van der Waals surface area contributed by atoms with Crippen LogP contribution < -0.4 is 5.32 Å². The van der Waals surface area contributed by atoms with Crippen molar-refractivity contribution in [2.24, 2.45) is 0 Å². The van der Waals surface area contributed by atoms with Gasteiger partial charge in [-0.25, -0.2) is 0 Å². The van der Waals surface area contributed by atoms with Crippen molar-refractivity contribution in [1.82, 2.24) is 10.2 Å². The Hall–Kier alpha value is -0.380. The lowest BCUT2D eigenvalue weighted by atomic mass is 10.2. The molecular weight excluding hydrogens is 188 g/mol. The van der Waals surface area contributed by atoms with Gasteiger partial charge in [-0.1, -0.05) is 6.08 Å². The molecule has 1 saturated heterocycles. The van der Waals surface area contributed by atoms with E-state index in [4.69, 9.17) is 4.74 Å². The van der Waals surface area contributed by atoms with Gasteiger partial charge in [-0.15, -0.1) is 6.58 Å². The minimum absolute atomic E-state index is 0.421. The zero-order valence-electron chi connectivity index (χ0n) is 9.45. The summed E-state index contributed by atoms with van der Waals surface area (Å²) < 4.78 is 5.69. The second-order valence-corrected chi connectivity index (χ2v) is 4.50. The number of nitrogens with one attached hydrogen (secondary N) is 1. The summed E-state index contributed by atoms with van der Waals surface area (Å²) in [6, 6.07) is 0.833. The van der Waals surface area contributed by atoms with Crippen LogP contribution >= 0.6 is 0 Å². The molecule has 1 aliphatic carbocycles. The fraction of sp³-hybridized carbons (Fsp3) is 0.833. The largest absolute Gasteiger partial charge is 0.376 e. The smallest absolute Gasteiger partial charge is 0.0712 e. The number of morpholine rings is 1. The highest BCUT2D eigenvalue weighted by Gasteiger charge is 2.28. The Bertz CT molecular complexity index is 198. The predicted octanol–water partition coefficient (Wildman–Crippen LogP) is 1.02. The first-order valence-corrected chi connectivity index (χ1v) is 6.07. The summed E-state index contributed by atoms with van der Waals surface area (Å²) in [6.45, 7) is 8.91. The molecule has 0 amide bonds. The average molecular weight is 210 g/mol. The molecule has 86 valence electrons. The van der Waals surface area contributed by atoms with E-state index in [0.29, 0.717) is 6.10 Å². The molecule has 1 aliphatic heterocycles. The van der Waals surface area contributed by atoms with Crippen LogP contribution in [0.25, 0.3) is 0 Å². The van der Waals surface area contributed by atoms with Crippen LogP contribution in [0.15, 0.2) is 12.7 Å². The van der Waals surface area contributed by atoms with Gasteiger partial charge in [-0.05, 0) is 19.3 Å². The van der Waals surface area contributed by atoms with Gasteiger partial charge >= 0.3 is 0 Å². The lowest BCUT2D eigenvalue weighted by molar-refractivity contribution is 0.0176. The summed E-state index contributed by atoms with van der Waals surface area (Å²) in [4.78, 5) is 2.53. The SMILES string of the molecule is C=CCN(CCC1CNCCO1)C1CC1. The fourth-order valence-electron chi connectivity index (χ4n) is 2.14. The standard InChI is InChI=1S/C12H22N2O/c1-2-7-14(11-3-4-11)8-5-12-10-13-6-9-15-12/h2,11-13H,1,3-10H2. The van der Waals surface area contributed by atoms with Crippen molar-refractivity contribution in [3.05, 3.63) is 12.7 Å². The van der Waals surface area contributed by atoms with Gasteiger partial charge in [-0.2, -0.15) is 0 Å². The third kappa shape index (κ3) is 3.59. The molecular formula is C12H22N2O. The summed E-state index contributed by atoms with van der Waals surface area (Å²) >= 11 is 0. The molecule has 2 aliphatic rings. The van der Waals surface area contributed by atoms with Crippen LogP contribution in [0.5, 0.6) is 0 Å². The van der Waals surface area contributed by atoms with Crippen molar-refractivity contribution in [2.45, 2.75) is 31.4 Å². The number of hydrogen-bond donors (Lipinski definition) is 1. The Labute approximate surface area is 92.5 Å². The summed E-state index contributed by atoms with van der Waals surface area (Å²) in [5.74, 6) is 0. The van der Waals surface area contributed by atoms with E-state index in [1.165, 1.54) is 12.8 Å². The van der Waals surface area contributed by atoms with E-state index in [-0.39, 0.29) is 0 Å². The molecule has 1 saturated carbocycles. The Kier molecular flexibility index (Phi) is 4.18. The van der Waals surface area contributed by atoms with Crippen LogP contribution in [0.4, 0.5) is 0 Å². The molecule has 15 heavy (non-hydrogen) atoms. The monoisotopic (exact) mass is 210 g/mol. The second-order valence-electron chi connectivity index (χ2n) is 4.50. The van der Waals surface area contributed by atoms with E-state index < -0.39 is 0 Å². The average Bonchev–Trinajstić information content (AvgIpc) is 3.09. The van der Waals surface area contributed by atoms with Crippen molar-refractivity contribution in [1.29, 1.82) is 0 Å². The van der Waals surface area contributed by atoms with Gasteiger partial charge in [0.2, 0.25) is 0 Å². The first kappa shape index (κ1) is 11.1. The molecule has 1 heterocycles. The Morgan fingerprint density at radius 1 is 1.47 bits per heavy atom. The van der Waals surface area contributed by atoms with Crippen molar-refractivity contribution < 1.29 is 4.74 Å². The van der Waals surface area contributed by atoms with Crippen LogP contribution in [0, 0.1) is 0 Å². The highest BCUT2D eigenvalue weighted by atomic mass is 16.5. The first-order chi connectivity index (χ1) is 7.40. The van der Waals surface area contributed by atoms with Crippen LogP contribution in [0.1, 0.15) is 19.3 Å². The van der Waals surface area contributed by atoms with Crippen molar-refractivity contribution in [2.75, 3.05) is 32.8 Å². The molecule has 1 atom stereocenters. The van der Waals surface area contributed by atoms with Crippen LogP contribution in [0.3, 0.4) is 0 Å². The molecule has 0 spiro atoms. The number of hydrogen-bond acceptors (Lipinski definition) is 3. The highest BCUT2D eigenvalue weighted by Crippen LogP contribution is 2.26. The minimum atomic E-state index is 0.421. The molecule has 0 radical (unpaired) electrons. The van der Waals surface area contributed by atoms with Crippen molar-refractivity contribution in [3.63, 3.8) is 0 Å². The van der Waals surface area contributed by atoms with Gasteiger partial charge in [0.15, 0.2) is 0 Å². The quantitative estimate of drug-likeness (QED) is 0.662. The van der Waals surface area contributed by atoms with Gasteiger partial charge in [0.05, 0.1) is 12.7 Å². The molecule has 1 unspecified atom stereocenters. The second kappa shape index (κ2) is 5.64. The highest BCUT2D eigenvalue weighted by molar-refractivity contribution is 4.88. The van der Waals surface area contributed by atoms with Crippen LogP contribution in [-0.4, -0.2) is 49.8 Å². The Morgan fingerprint density at radius 2 is 2.33 bits per heavy atom. The van der Waals surface area contributed by atoms with E-state index >= 15 is 0 Å². The molecule has 0 aromatic heterocycles. The predicted molar refractivity (Wildman–Crippen MR) is 62.0 cm³/mol. The van der Waals surface area contributed by atoms with E-state index in [0.717, 1.165) is 45.2 Å². The maximum Gasteiger partial charge on any atom is 0.0712 e. The van der Waals surface area contributed by atoms with Crippen LogP contribution in [0.2, 0.25) is 0 Å².